The van der Waals surface area contributed by atoms with Gasteiger partial charge in [-0.25, -0.2) is 0 Å². The van der Waals surface area contributed by atoms with E-state index in [2.05, 4.69) is 5.32 Å². The van der Waals surface area contributed by atoms with Gasteiger partial charge >= 0.3 is 5.97 Å². The molecule has 19 heavy (non-hydrogen) atoms. The van der Waals surface area contributed by atoms with Crippen molar-refractivity contribution in [3.63, 3.8) is 0 Å². The lowest BCUT2D eigenvalue weighted by Crippen LogP contribution is -2.26. The van der Waals surface area contributed by atoms with E-state index in [9.17, 15) is 13.8 Å². The Bertz CT molecular complexity index is 484. The Hall–Kier alpha value is -1.69. The minimum absolute atomic E-state index is 0.192. The van der Waals surface area contributed by atoms with Crippen LogP contribution in [0.1, 0.15) is 18.9 Å². The molecule has 1 aromatic rings. The Labute approximate surface area is 114 Å². The van der Waals surface area contributed by atoms with Gasteiger partial charge in [0.1, 0.15) is 5.75 Å². The topological polar surface area (TPSA) is 83.5 Å². The molecular formula is C13H17NO4S. The highest BCUT2D eigenvalue weighted by molar-refractivity contribution is 7.86. The second-order valence-corrected chi connectivity index (χ2v) is 6.20. The smallest absolute Gasteiger partial charge is 0.304 e. The van der Waals surface area contributed by atoms with Crippen LogP contribution in [0.3, 0.4) is 0 Å². The van der Waals surface area contributed by atoms with Gasteiger partial charge in [0.15, 0.2) is 0 Å². The predicted molar refractivity (Wildman–Crippen MR) is 74.5 cm³/mol. The number of hydrogen-bond acceptors (Lipinski definition) is 3. The van der Waals surface area contributed by atoms with Crippen LogP contribution in [0.15, 0.2) is 24.3 Å². The third-order valence-electron chi connectivity index (χ3n) is 2.52. The molecule has 0 saturated heterocycles. The SMILES string of the molecule is Cc1ccc(NC(=O)CS(=O)C(C)CC(=O)O)cc1. The van der Waals surface area contributed by atoms with Gasteiger partial charge in [-0.15, -0.1) is 0 Å². The Morgan fingerprint density at radius 2 is 1.89 bits per heavy atom. The van der Waals surface area contributed by atoms with Crippen molar-refractivity contribution in [3.05, 3.63) is 29.8 Å². The number of nitrogens with one attached hydrogen (secondary N) is 1. The summed E-state index contributed by atoms with van der Waals surface area (Å²) in [7, 11) is -1.49. The number of benzene rings is 1. The molecule has 0 radical (unpaired) electrons. The van der Waals surface area contributed by atoms with Gasteiger partial charge in [0.25, 0.3) is 0 Å². The van der Waals surface area contributed by atoms with E-state index in [0.29, 0.717) is 5.69 Å². The summed E-state index contributed by atoms with van der Waals surface area (Å²) in [5.41, 5.74) is 1.72. The molecule has 0 heterocycles. The largest absolute Gasteiger partial charge is 0.481 e. The number of aryl methyl sites for hydroxylation is 1. The highest BCUT2D eigenvalue weighted by Gasteiger charge is 2.17. The first-order valence-corrected chi connectivity index (χ1v) is 7.22. The minimum Gasteiger partial charge on any atom is -0.481 e. The summed E-state index contributed by atoms with van der Waals surface area (Å²) in [4.78, 5) is 22.1. The Balaban J connectivity index is 2.49. The first-order chi connectivity index (χ1) is 8.88. The van der Waals surface area contributed by atoms with Crippen molar-refractivity contribution in [2.24, 2.45) is 0 Å². The highest BCUT2D eigenvalue weighted by Crippen LogP contribution is 2.09. The maximum absolute atomic E-state index is 11.7. The summed E-state index contributed by atoms with van der Waals surface area (Å²) in [6.07, 6.45) is -0.204. The molecule has 1 amide bonds. The van der Waals surface area contributed by atoms with E-state index >= 15 is 0 Å². The van der Waals surface area contributed by atoms with Crippen LogP contribution in [0, 0.1) is 6.92 Å². The van der Waals surface area contributed by atoms with Gasteiger partial charge in [0, 0.05) is 21.7 Å². The second-order valence-electron chi connectivity index (χ2n) is 4.35. The molecule has 0 aliphatic heterocycles. The average Bonchev–Trinajstić information content (AvgIpc) is 2.31. The molecule has 1 aromatic carbocycles. The minimum atomic E-state index is -1.49. The summed E-state index contributed by atoms with van der Waals surface area (Å²) in [5.74, 6) is -1.58. The number of carboxylic acid groups (broad SMARTS) is 1. The molecule has 2 unspecified atom stereocenters. The van der Waals surface area contributed by atoms with E-state index in [4.69, 9.17) is 5.11 Å². The summed E-state index contributed by atoms with van der Waals surface area (Å²) >= 11 is 0. The fourth-order valence-corrected chi connectivity index (χ4v) is 2.39. The van der Waals surface area contributed by atoms with E-state index in [-0.39, 0.29) is 18.1 Å². The van der Waals surface area contributed by atoms with Gasteiger partial charge in [0.2, 0.25) is 5.91 Å². The molecule has 0 spiro atoms. The molecule has 0 aliphatic rings. The maximum Gasteiger partial charge on any atom is 0.304 e. The second kappa shape index (κ2) is 7.04. The van der Waals surface area contributed by atoms with Crippen molar-refractivity contribution in [1.82, 2.24) is 0 Å². The number of carbonyl (C=O) groups excluding carboxylic acids is 1. The number of carbonyl (C=O) groups is 2. The molecule has 0 bridgehead atoms. The van der Waals surface area contributed by atoms with E-state index < -0.39 is 22.0 Å². The fourth-order valence-electron chi connectivity index (χ4n) is 1.44. The number of amides is 1. The van der Waals surface area contributed by atoms with Crippen molar-refractivity contribution in [2.45, 2.75) is 25.5 Å². The molecule has 0 aromatic heterocycles. The third-order valence-corrected chi connectivity index (χ3v) is 4.13. The van der Waals surface area contributed by atoms with Crippen molar-refractivity contribution in [3.8, 4) is 0 Å². The summed E-state index contributed by atoms with van der Waals surface area (Å²) in [6, 6.07) is 7.24. The van der Waals surface area contributed by atoms with Gasteiger partial charge in [-0.3, -0.25) is 13.8 Å². The molecular weight excluding hydrogens is 266 g/mol. The van der Waals surface area contributed by atoms with Crippen LogP contribution in [0.25, 0.3) is 0 Å². The van der Waals surface area contributed by atoms with Gasteiger partial charge < -0.3 is 10.4 Å². The van der Waals surface area contributed by atoms with E-state index in [1.165, 1.54) is 0 Å². The molecule has 0 fully saturated rings. The number of aliphatic carboxylic acids is 1. The molecule has 1 rings (SSSR count). The first kappa shape index (κ1) is 15.4. The first-order valence-electron chi connectivity index (χ1n) is 5.84. The number of anilines is 1. The zero-order valence-electron chi connectivity index (χ0n) is 10.9. The number of rotatable bonds is 6. The average molecular weight is 283 g/mol. The lowest BCUT2D eigenvalue weighted by atomic mass is 10.2. The molecule has 104 valence electrons. The molecule has 0 saturated carbocycles. The van der Waals surface area contributed by atoms with Crippen LogP contribution >= 0.6 is 0 Å². The van der Waals surface area contributed by atoms with Crippen LogP contribution in [0.4, 0.5) is 5.69 Å². The van der Waals surface area contributed by atoms with Crippen molar-refractivity contribution in [1.29, 1.82) is 0 Å². The Kier molecular flexibility index (Phi) is 5.69. The molecule has 2 N–H and O–H groups in total. The van der Waals surface area contributed by atoms with Gasteiger partial charge in [-0.05, 0) is 19.1 Å². The Morgan fingerprint density at radius 1 is 1.32 bits per heavy atom. The third kappa shape index (κ3) is 5.65. The zero-order chi connectivity index (χ0) is 14.4. The highest BCUT2D eigenvalue weighted by atomic mass is 32.2. The van der Waals surface area contributed by atoms with E-state index in [1.807, 2.05) is 19.1 Å². The lowest BCUT2D eigenvalue weighted by molar-refractivity contribution is -0.136. The molecule has 5 nitrogen and oxygen atoms in total. The van der Waals surface area contributed by atoms with Gasteiger partial charge in [-0.1, -0.05) is 24.6 Å². The molecule has 6 heteroatoms. The monoisotopic (exact) mass is 283 g/mol. The van der Waals surface area contributed by atoms with Crippen molar-refractivity contribution in [2.75, 3.05) is 11.1 Å². The summed E-state index contributed by atoms with van der Waals surface area (Å²) in [6.45, 7) is 3.50. The van der Waals surface area contributed by atoms with Crippen LogP contribution in [0.5, 0.6) is 0 Å². The number of carboxylic acids is 1. The van der Waals surface area contributed by atoms with Crippen LogP contribution < -0.4 is 5.32 Å². The van der Waals surface area contributed by atoms with Crippen molar-refractivity contribution < 1.29 is 18.9 Å². The van der Waals surface area contributed by atoms with E-state index in [0.717, 1.165) is 5.56 Å². The maximum atomic E-state index is 11.7. The van der Waals surface area contributed by atoms with Crippen LogP contribution in [-0.4, -0.2) is 32.2 Å². The lowest BCUT2D eigenvalue weighted by Gasteiger charge is -2.09. The standard InChI is InChI=1S/C13H17NO4S/c1-9-3-5-11(6-4-9)14-12(15)8-19(18)10(2)7-13(16)17/h3-6,10H,7-8H2,1-2H3,(H,14,15)(H,16,17). The van der Waals surface area contributed by atoms with E-state index in [1.54, 1.807) is 19.1 Å². The molecule has 2 atom stereocenters. The van der Waals surface area contributed by atoms with Gasteiger partial charge in [0.05, 0.1) is 6.42 Å². The van der Waals surface area contributed by atoms with Crippen LogP contribution in [0.2, 0.25) is 0 Å². The fraction of sp³-hybridized carbons (Fsp3) is 0.385. The van der Waals surface area contributed by atoms with Crippen molar-refractivity contribution >= 4 is 28.4 Å². The summed E-state index contributed by atoms with van der Waals surface area (Å²) < 4.78 is 11.7. The van der Waals surface area contributed by atoms with Crippen LogP contribution in [-0.2, 0) is 20.4 Å². The quantitative estimate of drug-likeness (QED) is 0.829. The zero-order valence-corrected chi connectivity index (χ0v) is 11.7. The Morgan fingerprint density at radius 3 is 2.42 bits per heavy atom. The predicted octanol–water partition coefficient (Wildman–Crippen LogP) is 1.55. The summed E-state index contributed by atoms with van der Waals surface area (Å²) in [5, 5.41) is 10.7. The molecule has 0 aliphatic carbocycles. The van der Waals surface area contributed by atoms with Gasteiger partial charge in [-0.2, -0.15) is 0 Å². The number of hydrogen-bond donors (Lipinski definition) is 2. The normalized spacial score (nSPS) is 13.6.